The van der Waals surface area contributed by atoms with Gasteiger partial charge in [0.05, 0.1) is 0 Å². The van der Waals surface area contributed by atoms with Crippen molar-refractivity contribution in [3.63, 3.8) is 0 Å². The highest BCUT2D eigenvalue weighted by atomic mass is 79.9. The fraction of sp³-hybridized carbons (Fsp3) is 0.500. The highest BCUT2D eigenvalue weighted by molar-refractivity contribution is 9.10. The molecule has 0 saturated carbocycles. The van der Waals surface area contributed by atoms with Gasteiger partial charge in [0, 0.05) is 11.0 Å². The topological polar surface area (TPSA) is 38.3 Å². The first-order valence-corrected chi connectivity index (χ1v) is 6.88. The first kappa shape index (κ1) is 13.6. The Bertz CT molecular complexity index is 465. The minimum absolute atomic E-state index is 0.170. The molecular formula is C14H18BrNO2. The summed E-state index contributed by atoms with van der Waals surface area (Å²) in [6.45, 7) is 6.37. The van der Waals surface area contributed by atoms with Gasteiger partial charge >= 0.3 is 5.97 Å². The minimum atomic E-state index is -0.432. The van der Waals surface area contributed by atoms with E-state index in [1.807, 2.05) is 26.8 Å². The lowest BCUT2D eigenvalue weighted by Crippen LogP contribution is -2.45. The summed E-state index contributed by atoms with van der Waals surface area (Å²) in [7, 11) is 0. The smallest absolute Gasteiger partial charge is 0.324 e. The van der Waals surface area contributed by atoms with Gasteiger partial charge in [-0.2, -0.15) is 0 Å². The third-order valence-electron chi connectivity index (χ3n) is 2.82. The summed E-state index contributed by atoms with van der Waals surface area (Å²) >= 11 is 3.45. The van der Waals surface area contributed by atoms with Gasteiger partial charge in [-0.05, 0) is 50.5 Å². The second-order valence-electron chi connectivity index (χ2n) is 5.58. The van der Waals surface area contributed by atoms with E-state index in [0.717, 1.165) is 4.47 Å². The Kier molecular flexibility index (Phi) is 3.78. The Hall–Kier alpha value is -0.870. The number of rotatable bonds is 1. The van der Waals surface area contributed by atoms with E-state index in [4.69, 9.17) is 4.74 Å². The minimum Gasteiger partial charge on any atom is -0.459 e. The number of fused-ring (bicyclic) bond motifs is 1. The van der Waals surface area contributed by atoms with Crippen LogP contribution < -0.4 is 5.32 Å². The molecule has 1 atom stereocenters. The van der Waals surface area contributed by atoms with Crippen LogP contribution in [0.1, 0.15) is 31.9 Å². The third-order valence-corrected chi connectivity index (χ3v) is 3.32. The monoisotopic (exact) mass is 311 g/mol. The van der Waals surface area contributed by atoms with Crippen molar-refractivity contribution in [3.05, 3.63) is 33.8 Å². The van der Waals surface area contributed by atoms with Crippen LogP contribution in [0.25, 0.3) is 0 Å². The van der Waals surface area contributed by atoms with E-state index in [9.17, 15) is 4.79 Å². The molecule has 1 aliphatic heterocycles. The Morgan fingerprint density at radius 3 is 2.78 bits per heavy atom. The predicted octanol–water partition coefficient (Wildman–Crippen LogP) is 2.81. The maximum atomic E-state index is 12.0. The van der Waals surface area contributed by atoms with Crippen LogP contribution in [-0.2, 0) is 22.5 Å². The molecule has 0 bridgehead atoms. The molecule has 0 saturated heterocycles. The number of nitrogens with one attached hydrogen (secondary N) is 1. The van der Waals surface area contributed by atoms with Gasteiger partial charge in [-0.3, -0.25) is 4.79 Å². The molecule has 2 rings (SSSR count). The SMILES string of the molecule is CC(C)(C)OC(=O)C1Cc2ccc(Br)cc2CN1. The van der Waals surface area contributed by atoms with Gasteiger partial charge in [-0.15, -0.1) is 0 Å². The number of hydrogen-bond acceptors (Lipinski definition) is 3. The summed E-state index contributed by atoms with van der Waals surface area (Å²) in [5, 5.41) is 3.23. The summed E-state index contributed by atoms with van der Waals surface area (Å²) in [4.78, 5) is 12.0. The van der Waals surface area contributed by atoms with Crippen LogP contribution in [0.15, 0.2) is 22.7 Å². The number of benzene rings is 1. The lowest BCUT2D eigenvalue weighted by atomic mass is 9.96. The summed E-state index contributed by atoms with van der Waals surface area (Å²) in [6.07, 6.45) is 0.692. The zero-order valence-corrected chi connectivity index (χ0v) is 12.5. The zero-order valence-electron chi connectivity index (χ0n) is 10.9. The van der Waals surface area contributed by atoms with Gasteiger partial charge in [-0.25, -0.2) is 0 Å². The summed E-state index contributed by atoms with van der Waals surface area (Å²) in [5.41, 5.74) is 2.02. The number of carbonyl (C=O) groups is 1. The van der Waals surface area contributed by atoms with Gasteiger partial charge in [0.25, 0.3) is 0 Å². The van der Waals surface area contributed by atoms with E-state index in [-0.39, 0.29) is 12.0 Å². The van der Waals surface area contributed by atoms with E-state index in [1.165, 1.54) is 11.1 Å². The molecule has 1 unspecified atom stereocenters. The molecule has 1 aromatic rings. The molecule has 0 radical (unpaired) electrons. The van der Waals surface area contributed by atoms with E-state index in [0.29, 0.717) is 13.0 Å². The highest BCUT2D eigenvalue weighted by Crippen LogP contribution is 2.22. The van der Waals surface area contributed by atoms with E-state index in [1.54, 1.807) is 0 Å². The molecule has 0 fully saturated rings. The van der Waals surface area contributed by atoms with Crippen molar-refractivity contribution in [2.45, 2.75) is 45.4 Å². The second-order valence-corrected chi connectivity index (χ2v) is 6.50. The largest absolute Gasteiger partial charge is 0.459 e. The average molecular weight is 312 g/mol. The molecule has 1 aromatic carbocycles. The molecule has 0 aromatic heterocycles. The molecular weight excluding hydrogens is 294 g/mol. The Balaban J connectivity index is 2.08. The van der Waals surface area contributed by atoms with Crippen molar-refractivity contribution in [1.29, 1.82) is 0 Å². The molecule has 4 heteroatoms. The Labute approximate surface area is 116 Å². The fourth-order valence-corrected chi connectivity index (χ4v) is 2.43. The average Bonchev–Trinajstić information content (AvgIpc) is 2.26. The standard InChI is InChI=1S/C14H18BrNO2/c1-14(2,3)18-13(17)12-7-9-4-5-11(15)6-10(9)8-16-12/h4-6,12,16H,7-8H2,1-3H3. The number of carbonyl (C=O) groups excluding carboxylic acids is 1. The Morgan fingerprint density at radius 2 is 2.11 bits per heavy atom. The molecule has 0 spiro atoms. The van der Waals surface area contributed by atoms with Crippen molar-refractivity contribution in [1.82, 2.24) is 5.32 Å². The first-order chi connectivity index (χ1) is 8.35. The van der Waals surface area contributed by atoms with Crippen molar-refractivity contribution in [3.8, 4) is 0 Å². The van der Waals surface area contributed by atoms with Crippen molar-refractivity contribution < 1.29 is 9.53 Å². The van der Waals surface area contributed by atoms with Crippen LogP contribution in [-0.4, -0.2) is 17.6 Å². The van der Waals surface area contributed by atoms with Gasteiger partial charge in [0.15, 0.2) is 0 Å². The third kappa shape index (κ3) is 3.33. The van der Waals surface area contributed by atoms with Crippen LogP contribution in [0.4, 0.5) is 0 Å². The lowest BCUT2D eigenvalue weighted by Gasteiger charge is -2.28. The summed E-state index contributed by atoms with van der Waals surface area (Å²) in [6, 6.07) is 5.93. The van der Waals surface area contributed by atoms with E-state index in [2.05, 4.69) is 33.4 Å². The van der Waals surface area contributed by atoms with Crippen molar-refractivity contribution in [2.75, 3.05) is 0 Å². The quantitative estimate of drug-likeness (QED) is 0.811. The molecule has 98 valence electrons. The van der Waals surface area contributed by atoms with Gasteiger partial charge < -0.3 is 10.1 Å². The molecule has 0 aliphatic carbocycles. The number of halogens is 1. The van der Waals surface area contributed by atoms with Crippen molar-refractivity contribution >= 4 is 21.9 Å². The molecule has 3 nitrogen and oxygen atoms in total. The lowest BCUT2D eigenvalue weighted by molar-refractivity contribution is -0.157. The van der Waals surface area contributed by atoms with Crippen LogP contribution in [0.2, 0.25) is 0 Å². The maximum absolute atomic E-state index is 12.0. The second kappa shape index (κ2) is 5.02. The zero-order chi connectivity index (χ0) is 13.3. The fourth-order valence-electron chi connectivity index (χ4n) is 2.02. The number of ether oxygens (including phenoxy) is 1. The van der Waals surface area contributed by atoms with Crippen LogP contribution >= 0.6 is 15.9 Å². The van der Waals surface area contributed by atoms with Gasteiger partial charge in [0.1, 0.15) is 11.6 Å². The summed E-state index contributed by atoms with van der Waals surface area (Å²) in [5.74, 6) is -0.170. The number of esters is 1. The van der Waals surface area contributed by atoms with Crippen LogP contribution in [0.3, 0.4) is 0 Å². The van der Waals surface area contributed by atoms with Gasteiger partial charge in [-0.1, -0.05) is 22.0 Å². The van der Waals surface area contributed by atoms with E-state index >= 15 is 0 Å². The molecule has 18 heavy (non-hydrogen) atoms. The highest BCUT2D eigenvalue weighted by Gasteiger charge is 2.28. The number of hydrogen-bond donors (Lipinski definition) is 1. The molecule has 1 heterocycles. The predicted molar refractivity (Wildman–Crippen MR) is 74.3 cm³/mol. The normalized spacial score (nSPS) is 19.2. The Morgan fingerprint density at radius 1 is 1.39 bits per heavy atom. The van der Waals surface area contributed by atoms with Crippen LogP contribution in [0.5, 0.6) is 0 Å². The molecule has 0 amide bonds. The summed E-state index contributed by atoms with van der Waals surface area (Å²) < 4.78 is 6.47. The van der Waals surface area contributed by atoms with Gasteiger partial charge in [0.2, 0.25) is 0 Å². The van der Waals surface area contributed by atoms with Crippen LogP contribution in [0, 0.1) is 0 Å². The first-order valence-electron chi connectivity index (χ1n) is 6.09. The molecule has 1 N–H and O–H groups in total. The van der Waals surface area contributed by atoms with Crippen molar-refractivity contribution in [2.24, 2.45) is 0 Å². The maximum Gasteiger partial charge on any atom is 0.324 e. The van der Waals surface area contributed by atoms with E-state index < -0.39 is 5.60 Å². The molecule has 1 aliphatic rings.